The maximum absolute atomic E-state index is 10.6. The van der Waals surface area contributed by atoms with Crippen molar-refractivity contribution in [2.24, 2.45) is 11.8 Å². The molecule has 1 heterocycles. The lowest BCUT2D eigenvalue weighted by Crippen LogP contribution is -2.20. The van der Waals surface area contributed by atoms with E-state index in [2.05, 4.69) is 6.92 Å². The van der Waals surface area contributed by atoms with E-state index in [1.165, 1.54) is 12.8 Å². The normalized spacial score (nSPS) is 27.1. The molecule has 20 heavy (non-hydrogen) atoms. The van der Waals surface area contributed by atoms with Crippen LogP contribution in [-0.4, -0.2) is 18.3 Å². The zero-order chi connectivity index (χ0) is 14.1. The van der Waals surface area contributed by atoms with Gasteiger partial charge in [-0.05, 0) is 42.4 Å². The van der Waals surface area contributed by atoms with E-state index in [1.807, 2.05) is 12.1 Å². The third-order valence-corrected chi connectivity index (χ3v) is 4.75. The maximum atomic E-state index is 10.6. The van der Waals surface area contributed by atoms with Gasteiger partial charge in [0.25, 0.3) is 0 Å². The summed E-state index contributed by atoms with van der Waals surface area (Å²) in [4.78, 5) is 0. The molecular formula is C16H21ClO3. The van der Waals surface area contributed by atoms with Crippen molar-refractivity contribution < 1.29 is 14.6 Å². The van der Waals surface area contributed by atoms with Crippen LogP contribution in [0.1, 0.15) is 44.3 Å². The number of ether oxygens (including phenoxy) is 2. The highest BCUT2D eigenvalue weighted by Crippen LogP contribution is 2.43. The van der Waals surface area contributed by atoms with Crippen molar-refractivity contribution in [1.29, 1.82) is 0 Å². The smallest absolute Gasteiger partial charge is 0.179 e. The Morgan fingerprint density at radius 2 is 1.85 bits per heavy atom. The lowest BCUT2D eigenvalue weighted by Gasteiger charge is -2.30. The molecule has 0 aromatic heterocycles. The Kier molecular flexibility index (Phi) is 4.08. The molecule has 4 heteroatoms. The molecule has 0 amide bonds. The van der Waals surface area contributed by atoms with Crippen molar-refractivity contribution in [3.05, 3.63) is 22.7 Å². The topological polar surface area (TPSA) is 38.7 Å². The van der Waals surface area contributed by atoms with E-state index in [4.69, 9.17) is 21.1 Å². The highest BCUT2D eigenvalue weighted by molar-refractivity contribution is 6.32. The van der Waals surface area contributed by atoms with Crippen LogP contribution in [0, 0.1) is 11.8 Å². The van der Waals surface area contributed by atoms with Crippen LogP contribution in [0.25, 0.3) is 0 Å². The summed E-state index contributed by atoms with van der Waals surface area (Å²) < 4.78 is 11.1. The molecule has 1 atom stereocenters. The van der Waals surface area contributed by atoms with E-state index in [0.29, 0.717) is 35.7 Å². The lowest BCUT2D eigenvalue weighted by atomic mass is 9.78. The molecule has 1 N–H and O–H groups in total. The largest absolute Gasteiger partial charge is 0.486 e. The minimum absolute atomic E-state index is 0.324. The van der Waals surface area contributed by atoms with Gasteiger partial charge in [0.1, 0.15) is 13.2 Å². The number of benzene rings is 1. The van der Waals surface area contributed by atoms with Gasteiger partial charge < -0.3 is 14.6 Å². The van der Waals surface area contributed by atoms with Crippen LogP contribution in [0.4, 0.5) is 0 Å². The Morgan fingerprint density at radius 1 is 1.15 bits per heavy atom. The summed E-state index contributed by atoms with van der Waals surface area (Å²) in [5.74, 6) is 2.36. The second-order valence-corrected chi connectivity index (χ2v) is 6.40. The van der Waals surface area contributed by atoms with Gasteiger partial charge in [-0.3, -0.25) is 0 Å². The van der Waals surface area contributed by atoms with E-state index >= 15 is 0 Å². The van der Waals surface area contributed by atoms with Crippen LogP contribution in [0.3, 0.4) is 0 Å². The third kappa shape index (κ3) is 2.75. The molecule has 0 bridgehead atoms. The number of halogens is 1. The minimum atomic E-state index is -0.462. The number of rotatable bonds is 2. The standard InChI is InChI=1S/C16H21ClO3/c1-10-2-4-11(5-3-10)15(18)12-8-13(17)16-14(9-12)19-6-7-20-16/h8-11,15,18H,2-7H2,1H3. The van der Waals surface area contributed by atoms with Gasteiger partial charge in [0.15, 0.2) is 11.5 Å². The van der Waals surface area contributed by atoms with Gasteiger partial charge in [0.2, 0.25) is 0 Å². The molecule has 1 aromatic rings. The second-order valence-electron chi connectivity index (χ2n) is 5.99. The van der Waals surface area contributed by atoms with E-state index in [1.54, 1.807) is 0 Å². The molecule has 3 rings (SSSR count). The zero-order valence-electron chi connectivity index (χ0n) is 11.8. The molecule has 1 aromatic carbocycles. The molecule has 1 unspecified atom stereocenters. The highest BCUT2D eigenvalue weighted by Gasteiger charge is 2.27. The predicted octanol–water partition coefficient (Wildman–Crippen LogP) is 3.97. The molecule has 3 nitrogen and oxygen atoms in total. The van der Waals surface area contributed by atoms with Crippen LogP contribution < -0.4 is 9.47 Å². The molecule has 110 valence electrons. The number of fused-ring (bicyclic) bond motifs is 1. The SMILES string of the molecule is CC1CCC(C(O)c2cc(Cl)c3c(c2)OCCO3)CC1. The molecule has 1 fully saturated rings. The fourth-order valence-electron chi connectivity index (χ4n) is 3.18. The maximum Gasteiger partial charge on any atom is 0.179 e. The molecule has 0 spiro atoms. The first-order valence-corrected chi connectivity index (χ1v) is 7.80. The van der Waals surface area contributed by atoms with Crippen LogP contribution in [0.2, 0.25) is 5.02 Å². The average molecular weight is 297 g/mol. The Morgan fingerprint density at radius 3 is 2.60 bits per heavy atom. The van der Waals surface area contributed by atoms with Gasteiger partial charge in [-0.2, -0.15) is 0 Å². The third-order valence-electron chi connectivity index (χ3n) is 4.47. The van der Waals surface area contributed by atoms with E-state index in [9.17, 15) is 5.11 Å². The molecule has 0 saturated heterocycles. The summed E-state index contributed by atoms with van der Waals surface area (Å²) in [5, 5.41) is 11.1. The number of aliphatic hydroxyl groups excluding tert-OH is 1. The van der Waals surface area contributed by atoms with E-state index in [-0.39, 0.29) is 0 Å². The van der Waals surface area contributed by atoms with Gasteiger partial charge in [-0.1, -0.05) is 31.4 Å². The molecule has 1 aliphatic heterocycles. The summed E-state index contributed by atoms with van der Waals surface area (Å²) in [6, 6.07) is 3.70. The van der Waals surface area contributed by atoms with Crippen LogP contribution in [0.5, 0.6) is 11.5 Å². The second kappa shape index (κ2) is 5.82. The fraction of sp³-hybridized carbons (Fsp3) is 0.625. The number of aliphatic hydroxyl groups is 1. The summed E-state index contributed by atoms with van der Waals surface area (Å²) in [6.07, 6.45) is 4.08. The van der Waals surface area contributed by atoms with Gasteiger partial charge >= 0.3 is 0 Å². The van der Waals surface area contributed by atoms with Gasteiger partial charge in [-0.15, -0.1) is 0 Å². The summed E-state index contributed by atoms with van der Waals surface area (Å²) in [6.45, 7) is 3.34. The van der Waals surface area contributed by atoms with Crippen molar-refractivity contribution in [2.75, 3.05) is 13.2 Å². The monoisotopic (exact) mass is 296 g/mol. The van der Waals surface area contributed by atoms with Gasteiger partial charge in [-0.25, -0.2) is 0 Å². The Bertz CT molecular complexity index is 481. The van der Waals surface area contributed by atoms with E-state index in [0.717, 1.165) is 24.3 Å². The van der Waals surface area contributed by atoms with Crippen molar-refractivity contribution in [2.45, 2.75) is 38.7 Å². The minimum Gasteiger partial charge on any atom is -0.486 e. The summed E-state index contributed by atoms with van der Waals surface area (Å²) in [7, 11) is 0. The molecule has 0 radical (unpaired) electrons. The first kappa shape index (κ1) is 14.0. The summed E-state index contributed by atoms with van der Waals surface area (Å²) in [5.41, 5.74) is 0.846. The lowest BCUT2D eigenvalue weighted by molar-refractivity contribution is 0.0749. The van der Waals surface area contributed by atoms with Crippen molar-refractivity contribution in [3.8, 4) is 11.5 Å². The average Bonchev–Trinajstić information content (AvgIpc) is 2.47. The Labute approximate surface area is 124 Å². The van der Waals surface area contributed by atoms with Crippen molar-refractivity contribution in [3.63, 3.8) is 0 Å². The Hall–Kier alpha value is -0.930. The zero-order valence-corrected chi connectivity index (χ0v) is 12.5. The van der Waals surface area contributed by atoms with Crippen molar-refractivity contribution >= 4 is 11.6 Å². The molecule has 1 aliphatic carbocycles. The highest BCUT2D eigenvalue weighted by atomic mass is 35.5. The van der Waals surface area contributed by atoms with Crippen molar-refractivity contribution in [1.82, 2.24) is 0 Å². The first-order valence-electron chi connectivity index (χ1n) is 7.42. The molecule has 1 saturated carbocycles. The van der Waals surface area contributed by atoms with Gasteiger partial charge in [0, 0.05) is 0 Å². The van der Waals surface area contributed by atoms with Crippen LogP contribution in [0.15, 0.2) is 12.1 Å². The number of hydrogen-bond donors (Lipinski definition) is 1. The van der Waals surface area contributed by atoms with E-state index < -0.39 is 6.10 Å². The fourth-order valence-corrected chi connectivity index (χ4v) is 3.45. The Balaban J connectivity index is 1.81. The predicted molar refractivity (Wildman–Crippen MR) is 78.5 cm³/mol. The summed E-state index contributed by atoms with van der Waals surface area (Å²) >= 11 is 6.24. The van der Waals surface area contributed by atoms with Crippen LogP contribution in [-0.2, 0) is 0 Å². The molecular weight excluding hydrogens is 276 g/mol. The number of hydrogen-bond acceptors (Lipinski definition) is 3. The van der Waals surface area contributed by atoms with Gasteiger partial charge in [0.05, 0.1) is 11.1 Å². The quantitative estimate of drug-likeness (QED) is 0.897. The molecule has 2 aliphatic rings. The first-order chi connectivity index (χ1) is 9.65. The van der Waals surface area contributed by atoms with Crippen LogP contribution >= 0.6 is 11.6 Å².